The summed E-state index contributed by atoms with van der Waals surface area (Å²) in [6.07, 6.45) is 0. The number of hydrogen-bond acceptors (Lipinski definition) is 1. The molecule has 0 aromatic heterocycles. The van der Waals surface area contributed by atoms with Crippen molar-refractivity contribution in [1.29, 1.82) is 0 Å². The molecule has 0 bridgehead atoms. The number of benzene rings is 1. The number of para-hydroxylation sites is 1. The summed E-state index contributed by atoms with van der Waals surface area (Å²) in [5, 5.41) is 0. The second-order valence-electron chi connectivity index (χ2n) is 1.40. The fourth-order valence-corrected chi connectivity index (χ4v) is 0.749. The van der Waals surface area contributed by atoms with Gasteiger partial charge < -0.3 is 0 Å². The van der Waals surface area contributed by atoms with Crippen molar-refractivity contribution in [2.45, 2.75) is 0 Å². The molecule has 0 atom stereocenters. The number of hydrogen-bond donors (Lipinski definition) is 0. The summed E-state index contributed by atoms with van der Waals surface area (Å²) in [7, 11) is 0. The molecular weight excluding hydrogens is 326 g/mol. The Balaban J connectivity index is -0.0000000800. The van der Waals surface area contributed by atoms with E-state index in [-0.39, 0.29) is 49.6 Å². The molecule has 1 rings (SSSR count). The molecule has 0 heterocycles. The first-order valence-corrected chi connectivity index (χ1v) is 3.10. The molecule has 0 saturated carbocycles. The summed E-state index contributed by atoms with van der Waals surface area (Å²) < 4.78 is 4.92. The first-order chi connectivity index (χ1) is 3.93. The fraction of sp³-hybridized carbons (Fsp3) is 0. The standard InChI is InChI=1S/C6H6O.4ClH.Mo/c7-6-4-2-1-3-5-6;;;;;/h1-5,7H;4*1H;/q;;;;;+1/p-1. The van der Waals surface area contributed by atoms with Gasteiger partial charge in [-0.15, -0.1) is 49.6 Å². The zero-order valence-corrected chi connectivity index (χ0v) is 11.1. The normalized spacial score (nSPS) is 5.67. The van der Waals surface area contributed by atoms with Crippen molar-refractivity contribution < 1.29 is 23.6 Å². The van der Waals surface area contributed by atoms with Crippen molar-refractivity contribution in [2.75, 3.05) is 0 Å². The van der Waals surface area contributed by atoms with E-state index in [9.17, 15) is 0 Å². The maximum absolute atomic E-state index is 4.92. The summed E-state index contributed by atoms with van der Waals surface area (Å²) in [5.74, 6) is 0.914. The Kier molecular flexibility index (Phi) is 27.6. The van der Waals surface area contributed by atoms with Crippen LogP contribution in [0.15, 0.2) is 30.3 Å². The van der Waals surface area contributed by atoms with E-state index in [0.29, 0.717) is 0 Å². The Labute approximate surface area is 109 Å². The van der Waals surface area contributed by atoms with Crippen LogP contribution in [0.3, 0.4) is 0 Å². The van der Waals surface area contributed by atoms with Crippen molar-refractivity contribution in [3.63, 3.8) is 0 Å². The molecule has 1 aromatic rings. The van der Waals surface area contributed by atoms with Gasteiger partial charge in [0.05, 0.1) is 0 Å². The molecule has 0 saturated heterocycles. The van der Waals surface area contributed by atoms with Crippen molar-refractivity contribution in [1.82, 2.24) is 0 Å². The summed E-state index contributed by atoms with van der Waals surface area (Å²) in [6.45, 7) is 0. The van der Waals surface area contributed by atoms with Crippen LogP contribution in [0.5, 0.6) is 5.75 Å². The predicted molar refractivity (Wildman–Crippen MR) is 56.1 cm³/mol. The van der Waals surface area contributed by atoms with Crippen LogP contribution in [0.4, 0.5) is 0 Å². The summed E-state index contributed by atoms with van der Waals surface area (Å²) in [4.78, 5) is 0. The van der Waals surface area contributed by atoms with E-state index in [1.807, 2.05) is 30.3 Å². The Morgan fingerprint density at radius 2 is 1.25 bits per heavy atom. The number of halogens is 4. The van der Waals surface area contributed by atoms with Crippen LogP contribution in [-0.4, -0.2) is 0 Å². The van der Waals surface area contributed by atoms with Crippen LogP contribution in [-0.2, 0) is 20.2 Å². The molecule has 0 aliphatic carbocycles. The van der Waals surface area contributed by atoms with Gasteiger partial charge in [0.15, 0.2) is 0 Å². The Bertz CT molecular complexity index is 161. The minimum absolute atomic E-state index is 0. The van der Waals surface area contributed by atoms with Crippen LogP contribution >= 0.6 is 49.6 Å². The van der Waals surface area contributed by atoms with Gasteiger partial charge in [-0.2, -0.15) is 0 Å². The molecule has 0 aliphatic heterocycles. The van der Waals surface area contributed by atoms with E-state index in [4.69, 9.17) is 3.39 Å². The molecule has 73 valence electrons. The van der Waals surface area contributed by atoms with Crippen LogP contribution in [0.1, 0.15) is 0 Å². The van der Waals surface area contributed by atoms with Crippen LogP contribution in [0.2, 0.25) is 0 Å². The Hall–Kier alpha value is 0.868. The zero-order chi connectivity index (χ0) is 5.82. The van der Waals surface area contributed by atoms with Crippen molar-refractivity contribution in [2.24, 2.45) is 0 Å². The van der Waals surface area contributed by atoms with Crippen LogP contribution < -0.4 is 3.39 Å². The minimum atomic E-state index is 0. The molecule has 12 heavy (non-hydrogen) atoms. The third-order valence-corrected chi connectivity index (χ3v) is 1.31. The van der Waals surface area contributed by atoms with Gasteiger partial charge in [-0.3, -0.25) is 0 Å². The molecule has 1 aromatic carbocycles. The second-order valence-corrected chi connectivity index (χ2v) is 1.81. The summed E-state index contributed by atoms with van der Waals surface area (Å²) in [6, 6.07) is 9.69. The van der Waals surface area contributed by atoms with Crippen LogP contribution in [0.25, 0.3) is 0 Å². The molecule has 0 unspecified atom stereocenters. The third-order valence-electron chi connectivity index (χ3n) is 0.839. The van der Waals surface area contributed by atoms with E-state index in [1.54, 1.807) is 20.2 Å². The Morgan fingerprint density at radius 1 is 0.833 bits per heavy atom. The van der Waals surface area contributed by atoms with Gasteiger partial charge in [0.1, 0.15) is 0 Å². The van der Waals surface area contributed by atoms with Gasteiger partial charge in [0.2, 0.25) is 0 Å². The second kappa shape index (κ2) is 14.4. The average Bonchev–Trinajstić information content (AvgIpc) is 1.90. The zero-order valence-electron chi connectivity index (χ0n) is 5.84. The quantitative estimate of drug-likeness (QED) is 0.717. The first-order valence-electron chi connectivity index (χ1n) is 2.28. The molecule has 1 nitrogen and oxygen atoms in total. The predicted octanol–water partition coefficient (Wildman–Crippen LogP) is 3.21. The van der Waals surface area contributed by atoms with Gasteiger partial charge in [0.25, 0.3) is 0 Å². The van der Waals surface area contributed by atoms with E-state index in [1.165, 1.54) is 0 Å². The van der Waals surface area contributed by atoms with E-state index in [0.717, 1.165) is 5.75 Å². The molecule has 0 radical (unpaired) electrons. The van der Waals surface area contributed by atoms with E-state index in [2.05, 4.69) is 0 Å². The molecule has 6 heteroatoms. The van der Waals surface area contributed by atoms with Crippen molar-refractivity contribution in [3.8, 4) is 5.75 Å². The molecule has 0 fully saturated rings. The fourth-order valence-electron chi connectivity index (χ4n) is 0.476. The molecule has 0 aliphatic rings. The Morgan fingerprint density at radius 3 is 1.50 bits per heavy atom. The third kappa shape index (κ3) is 8.96. The molecule has 0 amide bonds. The van der Waals surface area contributed by atoms with Crippen LogP contribution in [0, 0.1) is 0 Å². The van der Waals surface area contributed by atoms with E-state index < -0.39 is 0 Å². The van der Waals surface area contributed by atoms with Gasteiger partial charge in [-0.05, 0) is 0 Å². The number of rotatable bonds is 1. The van der Waals surface area contributed by atoms with Gasteiger partial charge in [-0.1, -0.05) is 0 Å². The molecule has 0 spiro atoms. The maximum atomic E-state index is 4.92. The van der Waals surface area contributed by atoms with Gasteiger partial charge in [0, 0.05) is 0 Å². The van der Waals surface area contributed by atoms with E-state index >= 15 is 0 Å². The van der Waals surface area contributed by atoms with Crippen molar-refractivity contribution >= 4 is 49.6 Å². The average molecular weight is 335 g/mol. The summed E-state index contributed by atoms with van der Waals surface area (Å²) >= 11 is 1.60. The van der Waals surface area contributed by atoms with Gasteiger partial charge in [-0.25, -0.2) is 0 Å². The monoisotopic (exact) mass is 335 g/mol. The van der Waals surface area contributed by atoms with Crippen molar-refractivity contribution in [3.05, 3.63) is 30.3 Å². The molecular formula is C6H9Cl4MoO. The SMILES string of the molecule is Cl.Cl.Cl.Cl.[Mo][O]c1ccccc1. The van der Waals surface area contributed by atoms with Gasteiger partial charge >= 0.3 is 59.7 Å². The molecule has 0 N–H and O–H groups in total. The first kappa shape index (κ1) is 23.0. The topological polar surface area (TPSA) is 9.23 Å². The summed E-state index contributed by atoms with van der Waals surface area (Å²) in [5.41, 5.74) is 0.